The predicted octanol–water partition coefficient (Wildman–Crippen LogP) is 0.908. The number of hydrogen-bond donors (Lipinski definition) is 0. The zero-order valence-electron chi connectivity index (χ0n) is 8.31. The third-order valence-corrected chi connectivity index (χ3v) is 2.63. The quantitative estimate of drug-likeness (QED) is 0.606. The van der Waals surface area contributed by atoms with Crippen LogP contribution in [0.1, 0.15) is 16.1 Å². The summed E-state index contributed by atoms with van der Waals surface area (Å²) >= 11 is 3.33. The van der Waals surface area contributed by atoms with Gasteiger partial charge in [0, 0.05) is 16.1 Å². The van der Waals surface area contributed by atoms with Crippen LogP contribution in [0, 0.1) is 6.92 Å². The Morgan fingerprint density at radius 2 is 2.31 bits per heavy atom. The molecule has 16 heavy (non-hydrogen) atoms. The summed E-state index contributed by atoms with van der Waals surface area (Å²) < 4.78 is 6.54. The molecule has 0 N–H and O–H groups in total. The zero-order valence-corrected chi connectivity index (χ0v) is 9.89. The predicted molar refractivity (Wildman–Crippen MR) is 55.3 cm³/mol. The summed E-state index contributed by atoms with van der Waals surface area (Å²) in [5.41, 5.74) is 1.39. The second kappa shape index (κ2) is 4.05. The van der Waals surface area contributed by atoms with Gasteiger partial charge in [-0.2, -0.15) is 0 Å². The van der Waals surface area contributed by atoms with Crippen molar-refractivity contribution >= 4 is 22.2 Å². The molecule has 0 unspecified atom stereocenters. The van der Waals surface area contributed by atoms with Crippen LogP contribution in [0.15, 0.2) is 27.2 Å². The molecule has 2 aromatic rings. The molecular formula is C10H7BrN2O3. The van der Waals surface area contributed by atoms with Crippen molar-refractivity contribution < 1.29 is 19.1 Å². The van der Waals surface area contributed by atoms with Crippen molar-refractivity contribution in [1.29, 1.82) is 0 Å². The summed E-state index contributed by atoms with van der Waals surface area (Å²) in [5.74, 6) is -0.739. The standard InChI is InChI=1S/C10H7BrN2O3/c1-6-4-7(11)2-3-8(6)13-9(5-14)10(15)16-12-13/h2-5H,1H3. The van der Waals surface area contributed by atoms with Crippen molar-refractivity contribution in [3.63, 3.8) is 0 Å². The van der Waals surface area contributed by atoms with Crippen molar-refractivity contribution in [2.45, 2.75) is 6.92 Å². The van der Waals surface area contributed by atoms with Crippen LogP contribution in [0.25, 0.3) is 5.69 Å². The van der Waals surface area contributed by atoms with Gasteiger partial charge in [-0.1, -0.05) is 15.9 Å². The van der Waals surface area contributed by atoms with Gasteiger partial charge >= 0.3 is 5.69 Å². The molecule has 0 fully saturated rings. The van der Waals surface area contributed by atoms with Crippen LogP contribution in [-0.4, -0.2) is 11.6 Å². The summed E-state index contributed by atoms with van der Waals surface area (Å²) in [7, 11) is 0. The number of nitrogens with zero attached hydrogens (tertiary/aromatic N) is 2. The van der Waals surface area contributed by atoms with Gasteiger partial charge in [-0.25, -0.2) is 0 Å². The lowest BCUT2D eigenvalue weighted by Gasteiger charge is -1.97. The fraction of sp³-hybridized carbons (Fsp3) is 0.100. The minimum absolute atomic E-state index is 0.120. The van der Waals surface area contributed by atoms with Crippen LogP contribution in [0.5, 0.6) is 5.95 Å². The molecule has 82 valence electrons. The van der Waals surface area contributed by atoms with E-state index in [9.17, 15) is 9.90 Å². The van der Waals surface area contributed by atoms with E-state index >= 15 is 0 Å². The van der Waals surface area contributed by atoms with Crippen molar-refractivity contribution in [2.24, 2.45) is 0 Å². The maximum Gasteiger partial charge on any atom is 0.303 e. The summed E-state index contributed by atoms with van der Waals surface area (Å²) in [6, 6.07) is 5.40. The molecule has 0 aliphatic heterocycles. The highest BCUT2D eigenvalue weighted by atomic mass is 79.9. The van der Waals surface area contributed by atoms with Crippen molar-refractivity contribution in [2.75, 3.05) is 0 Å². The first kappa shape index (κ1) is 10.8. The highest BCUT2D eigenvalue weighted by Crippen LogP contribution is 2.17. The summed E-state index contributed by atoms with van der Waals surface area (Å²) in [6.07, 6.45) is 0.431. The Morgan fingerprint density at radius 1 is 1.56 bits per heavy atom. The lowest BCUT2D eigenvalue weighted by Crippen LogP contribution is -2.37. The van der Waals surface area contributed by atoms with E-state index in [1.54, 1.807) is 12.1 Å². The number of rotatable bonds is 2. The van der Waals surface area contributed by atoms with E-state index in [4.69, 9.17) is 0 Å². The number of aldehydes is 1. The molecule has 0 radical (unpaired) electrons. The third-order valence-electron chi connectivity index (χ3n) is 2.14. The Balaban J connectivity index is 2.63. The van der Waals surface area contributed by atoms with E-state index in [-0.39, 0.29) is 5.69 Å². The lowest BCUT2D eigenvalue weighted by atomic mass is 10.2. The molecule has 0 atom stereocenters. The van der Waals surface area contributed by atoms with Crippen molar-refractivity contribution in [3.8, 4) is 11.6 Å². The molecule has 0 amide bonds. The van der Waals surface area contributed by atoms with E-state index in [0.29, 0.717) is 12.0 Å². The zero-order chi connectivity index (χ0) is 11.7. The molecule has 2 rings (SSSR count). The second-order valence-corrected chi connectivity index (χ2v) is 4.12. The average Bonchev–Trinajstić information content (AvgIpc) is 2.59. The van der Waals surface area contributed by atoms with Crippen molar-refractivity contribution in [1.82, 2.24) is 5.27 Å². The Bertz CT molecular complexity index is 551. The Hall–Kier alpha value is -1.69. The number of aromatic nitrogens is 2. The number of carbonyl (C=O) groups excluding carboxylic acids is 1. The van der Waals surface area contributed by atoms with Crippen LogP contribution >= 0.6 is 15.9 Å². The van der Waals surface area contributed by atoms with Gasteiger partial charge in [0.2, 0.25) is 12.0 Å². The smallest absolute Gasteiger partial charge is 0.303 e. The minimum atomic E-state index is -0.739. The van der Waals surface area contributed by atoms with E-state index < -0.39 is 5.95 Å². The monoisotopic (exact) mass is 282 g/mol. The lowest BCUT2D eigenvalue weighted by molar-refractivity contribution is -0.672. The summed E-state index contributed by atoms with van der Waals surface area (Å²) in [5, 5.41) is 14.7. The van der Waals surface area contributed by atoms with E-state index in [2.05, 4.69) is 25.7 Å². The first-order valence-electron chi connectivity index (χ1n) is 4.44. The maximum atomic E-state index is 11.1. The number of carbonyl (C=O) groups is 1. The molecule has 1 heterocycles. The highest BCUT2D eigenvalue weighted by molar-refractivity contribution is 9.10. The van der Waals surface area contributed by atoms with Gasteiger partial charge in [0.25, 0.3) is 0 Å². The van der Waals surface area contributed by atoms with Crippen LogP contribution in [-0.2, 0) is 0 Å². The Labute approximate surface area is 99.4 Å². The van der Waals surface area contributed by atoms with E-state index in [1.807, 2.05) is 13.0 Å². The van der Waals surface area contributed by atoms with Crippen molar-refractivity contribution in [3.05, 3.63) is 33.9 Å². The number of halogens is 1. The van der Waals surface area contributed by atoms with Crippen LogP contribution in [0.4, 0.5) is 0 Å². The molecule has 0 aliphatic carbocycles. The SMILES string of the molecule is Cc1cc(Br)ccc1-[n+]1noc([O-])c1C=O. The molecule has 6 heteroatoms. The molecular weight excluding hydrogens is 276 g/mol. The molecule has 0 aliphatic rings. The topological polar surface area (TPSA) is 70.0 Å². The minimum Gasteiger partial charge on any atom is -0.539 e. The fourth-order valence-electron chi connectivity index (χ4n) is 1.38. The van der Waals surface area contributed by atoms with Gasteiger partial charge in [0.1, 0.15) is 0 Å². The second-order valence-electron chi connectivity index (χ2n) is 3.21. The fourth-order valence-corrected chi connectivity index (χ4v) is 1.86. The molecule has 0 spiro atoms. The third kappa shape index (κ3) is 1.71. The van der Waals surface area contributed by atoms with Crippen LogP contribution in [0.3, 0.4) is 0 Å². The Morgan fingerprint density at radius 3 is 2.94 bits per heavy atom. The van der Waals surface area contributed by atoms with Gasteiger partial charge in [0.15, 0.2) is 5.95 Å². The molecule has 0 saturated carbocycles. The molecule has 5 nitrogen and oxygen atoms in total. The molecule has 0 bridgehead atoms. The Kier molecular flexibility index (Phi) is 2.74. The number of hydrogen-bond acceptors (Lipinski definition) is 4. The van der Waals surface area contributed by atoms with Gasteiger partial charge in [0.05, 0.1) is 5.27 Å². The highest BCUT2D eigenvalue weighted by Gasteiger charge is 2.21. The normalized spacial score (nSPS) is 10.4. The molecule has 0 saturated heterocycles. The summed E-state index contributed by atoms with van der Waals surface area (Å²) in [4.78, 5) is 10.7. The van der Waals surface area contributed by atoms with E-state index in [0.717, 1.165) is 10.0 Å². The number of aryl methyl sites for hydroxylation is 1. The largest absolute Gasteiger partial charge is 0.539 e. The maximum absolute atomic E-state index is 11.1. The first-order valence-corrected chi connectivity index (χ1v) is 5.23. The van der Waals surface area contributed by atoms with Gasteiger partial charge in [-0.15, -0.1) is 0 Å². The molecule has 1 aromatic heterocycles. The van der Waals surface area contributed by atoms with E-state index in [1.165, 1.54) is 4.68 Å². The number of benzene rings is 1. The van der Waals surface area contributed by atoms with Gasteiger partial charge < -0.3 is 9.63 Å². The molecule has 1 aromatic carbocycles. The summed E-state index contributed by atoms with van der Waals surface area (Å²) in [6.45, 7) is 1.85. The van der Waals surface area contributed by atoms with Crippen LogP contribution < -0.4 is 9.79 Å². The van der Waals surface area contributed by atoms with Gasteiger partial charge in [-0.05, 0) is 23.7 Å². The van der Waals surface area contributed by atoms with Crippen LogP contribution in [0.2, 0.25) is 0 Å². The average molecular weight is 283 g/mol. The first-order chi connectivity index (χ1) is 7.63. The van der Waals surface area contributed by atoms with Gasteiger partial charge in [-0.3, -0.25) is 4.79 Å².